The quantitative estimate of drug-likeness (QED) is 0.882. The first kappa shape index (κ1) is 14.9. The van der Waals surface area contributed by atoms with Crippen molar-refractivity contribution in [3.63, 3.8) is 0 Å². The monoisotopic (exact) mass is 286 g/mol. The summed E-state index contributed by atoms with van der Waals surface area (Å²) < 4.78 is 0. The summed E-state index contributed by atoms with van der Waals surface area (Å²) in [5.74, 6) is 0.894. The predicted molar refractivity (Wildman–Crippen MR) is 91.1 cm³/mol. The third-order valence-corrected chi connectivity index (χ3v) is 5.50. The number of nitrogens with zero attached hydrogens (tertiary/aromatic N) is 1. The second kappa shape index (κ2) is 6.83. The molecule has 0 radical (unpaired) electrons. The number of rotatable bonds is 2. The Morgan fingerprint density at radius 3 is 2.57 bits per heavy atom. The number of benzene rings is 1. The number of aryl methyl sites for hydroxylation is 2. The van der Waals surface area contributed by atoms with E-state index >= 15 is 0 Å². The van der Waals surface area contributed by atoms with E-state index in [1.807, 2.05) is 0 Å². The third kappa shape index (κ3) is 3.60. The van der Waals surface area contributed by atoms with Crippen LogP contribution in [-0.2, 0) is 0 Å². The van der Waals surface area contributed by atoms with Crippen LogP contribution >= 0.6 is 0 Å². The molecule has 1 N–H and O–H groups in total. The maximum absolute atomic E-state index is 3.84. The molecular weight excluding hydrogens is 256 g/mol. The molecule has 1 aromatic carbocycles. The maximum Gasteiger partial charge on any atom is 0.0369 e. The van der Waals surface area contributed by atoms with Gasteiger partial charge in [0.25, 0.3) is 0 Å². The van der Waals surface area contributed by atoms with Crippen LogP contribution in [0.4, 0.5) is 5.69 Å². The van der Waals surface area contributed by atoms with Gasteiger partial charge in [-0.05, 0) is 68.8 Å². The van der Waals surface area contributed by atoms with Gasteiger partial charge in [-0.2, -0.15) is 0 Å². The Kier molecular flexibility index (Phi) is 4.84. The summed E-state index contributed by atoms with van der Waals surface area (Å²) in [5, 5.41) is 3.84. The zero-order valence-electron chi connectivity index (χ0n) is 13.7. The van der Waals surface area contributed by atoms with Gasteiger partial charge in [-0.15, -0.1) is 0 Å². The first-order valence-corrected chi connectivity index (χ1v) is 8.79. The molecule has 3 rings (SSSR count). The highest BCUT2D eigenvalue weighted by atomic mass is 15.2. The Bertz CT molecular complexity index is 463. The highest BCUT2D eigenvalue weighted by Gasteiger charge is 2.27. The molecule has 116 valence electrons. The van der Waals surface area contributed by atoms with Gasteiger partial charge in [0.1, 0.15) is 0 Å². The summed E-state index contributed by atoms with van der Waals surface area (Å²) in [7, 11) is 0. The van der Waals surface area contributed by atoms with Crippen molar-refractivity contribution in [2.75, 3.05) is 24.5 Å². The average Bonchev–Trinajstić information content (AvgIpc) is 2.77. The van der Waals surface area contributed by atoms with Crippen LogP contribution < -0.4 is 10.2 Å². The first-order chi connectivity index (χ1) is 10.2. The number of hydrogen-bond donors (Lipinski definition) is 1. The summed E-state index contributed by atoms with van der Waals surface area (Å²) in [6.07, 6.45) is 8.44. The van der Waals surface area contributed by atoms with E-state index in [9.17, 15) is 0 Å². The Balaban J connectivity index is 1.73. The molecule has 1 aliphatic heterocycles. The van der Waals surface area contributed by atoms with Crippen LogP contribution in [0.25, 0.3) is 0 Å². The normalized spacial score (nSPS) is 24.9. The fourth-order valence-electron chi connectivity index (χ4n) is 3.96. The van der Waals surface area contributed by atoms with E-state index in [1.54, 1.807) is 0 Å². The van der Waals surface area contributed by atoms with Gasteiger partial charge in [-0.1, -0.05) is 25.3 Å². The molecule has 0 bridgehead atoms. The van der Waals surface area contributed by atoms with Gasteiger partial charge in [-0.25, -0.2) is 0 Å². The molecule has 0 spiro atoms. The van der Waals surface area contributed by atoms with E-state index in [-0.39, 0.29) is 0 Å². The third-order valence-electron chi connectivity index (χ3n) is 5.50. The molecular formula is C19H30N2. The molecule has 0 aromatic heterocycles. The van der Waals surface area contributed by atoms with Gasteiger partial charge in [0.15, 0.2) is 0 Å². The van der Waals surface area contributed by atoms with Gasteiger partial charge >= 0.3 is 0 Å². The van der Waals surface area contributed by atoms with Crippen molar-refractivity contribution in [2.45, 2.75) is 58.4 Å². The van der Waals surface area contributed by atoms with Crippen LogP contribution in [0.2, 0.25) is 0 Å². The Morgan fingerprint density at radius 2 is 1.81 bits per heavy atom. The summed E-state index contributed by atoms with van der Waals surface area (Å²) in [6, 6.07) is 7.65. The molecule has 1 saturated heterocycles. The van der Waals surface area contributed by atoms with Crippen molar-refractivity contribution in [3.8, 4) is 0 Å². The SMILES string of the molecule is Cc1ccc(N2CCCNC(C3CCCCC3)C2)cc1C. The molecule has 1 aromatic rings. The van der Waals surface area contributed by atoms with Crippen molar-refractivity contribution in [3.05, 3.63) is 29.3 Å². The minimum atomic E-state index is 0.689. The molecule has 21 heavy (non-hydrogen) atoms. The molecule has 1 atom stereocenters. The number of hydrogen-bond acceptors (Lipinski definition) is 2. The molecule has 1 aliphatic carbocycles. The Morgan fingerprint density at radius 1 is 1.00 bits per heavy atom. The van der Waals surface area contributed by atoms with Crippen molar-refractivity contribution in [1.29, 1.82) is 0 Å². The van der Waals surface area contributed by atoms with Crippen LogP contribution in [-0.4, -0.2) is 25.7 Å². The fourth-order valence-corrected chi connectivity index (χ4v) is 3.96. The topological polar surface area (TPSA) is 15.3 Å². The standard InChI is InChI=1S/C19H30N2/c1-15-9-10-18(13-16(15)2)21-12-6-11-20-19(14-21)17-7-4-3-5-8-17/h9-10,13,17,19-20H,3-8,11-12,14H2,1-2H3. The average molecular weight is 286 g/mol. The number of anilines is 1. The van der Waals surface area contributed by atoms with Gasteiger partial charge in [0.05, 0.1) is 0 Å². The summed E-state index contributed by atoms with van der Waals surface area (Å²) >= 11 is 0. The van der Waals surface area contributed by atoms with E-state index in [1.165, 1.54) is 75.0 Å². The molecule has 2 heteroatoms. The lowest BCUT2D eigenvalue weighted by molar-refractivity contribution is 0.277. The lowest BCUT2D eigenvalue weighted by atomic mass is 9.83. The van der Waals surface area contributed by atoms with E-state index < -0.39 is 0 Å². The second-order valence-electron chi connectivity index (χ2n) is 7.03. The van der Waals surface area contributed by atoms with Crippen LogP contribution in [0.15, 0.2) is 18.2 Å². The minimum absolute atomic E-state index is 0.689. The van der Waals surface area contributed by atoms with E-state index in [2.05, 4.69) is 42.3 Å². The maximum atomic E-state index is 3.84. The van der Waals surface area contributed by atoms with E-state index in [0.717, 1.165) is 5.92 Å². The molecule has 1 heterocycles. The molecule has 2 aliphatic rings. The molecule has 2 fully saturated rings. The molecule has 0 amide bonds. The van der Waals surface area contributed by atoms with Gasteiger partial charge in [0, 0.05) is 24.8 Å². The zero-order valence-corrected chi connectivity index (χ0v) is 13.7. The van der Waals surface area contributed by atoms with Crippen LogP contribution in [0.3, 0.4) is 0 Å². The van der Waals surface area contributed by atoms with Crippen molar-refractivity contribution in [2.24, 2.45) is 5.92 Å². The summed E-state index contributed by atoms with van der Waals surface area (Å²) in [6.45, 7) is 8.00. The van der Waals surface area contributed by atoms with Gasteiger partial charge in [-0.3, -0.25) is 0 Å². The molecule has 2 nitrogen and oxygen atoms in total. The first-order valence-electron chi connectivity index (χ1n) is 8.79. The predicted octanol–water partition coefficient (Wildman–Crippen LogP) is 4.05. The summed E-state index contributed by atoms with van der Waals surface area (Å²) in [4.78, 5) is 2.62. The Labute approximate surface area is 129 Å². The van der Waals surface area contributed by atoms with E-state index in [0.29, 0.717) is 6.04 Å². The van der Waals surface area contributed by atoms with Crippen molar-refractivity contribution >= 4 is 5.69 Å². The second-order valence-corrected chi connectivity index (χ2v) is 7.03. The van der Waals surface area contributed by atoms with E-state index in [4.69, 9.17) is 0 Å². The van der Waals surface area contributed by atoms with Crippen LogP contribution in [0.1, 0.15) is 49.7 Å². The molecule has 1 unspecified atom stereocenters. The largest absolute Gasteiger partial charge is 0.370 e. The van der Waals surface area contributed by atoms with Gasteiger partial charge < -0.3 is 10.2 Å². The van der Waals surface area contributed by atoms with Crippen LogP contribution in [0.5, 0.6) is 0 Å². The zero-order chi connectivity index (χ0) is 14.7. The minimum Gasteiger partial charge on any atom is -0.370 e. The lowest BCUT2D eigenvalue weighted by Crippen LogP contribution is -2.43. The van der Waals surface area contributed by atoms with Crippen molar-refractivity contribution < 1.29 is 0 Å². The number of nitrogens with one attached hydrogen (secondary N) is 1. The highest BCUT2D eigenvalue weighted by Crippen LogP contribution is 2.29. The Hall–Kier alpha value is -1.02. The smallest absolute Gasteiger partial charge is 0.0369 e. The molecule has 1 saturated carbocycles. The highest BCUT2D eigenvalue weighted by molar-refractivity contribution is 5.51. The fraction of sp³-hybridized carbons (Fsp3) is 0.684. The van der Waals surface area contributed by atoms with Gasteiger partial charge in [0.2, 0.25) is 0 Å². The summed E-state index contributed by atoms with van der Waals surface area (Å²) in [5.41, 5.74) is 4.23. The lowest BCUT2D eigenvalue weighted by Gasteiger charge is -2.34. The van der Waals surface area contributed by atoms with Crippen LogP contribution in [0, 0.1) is 19.8 Å². The van der Waals surface area contributed by atoms with Crippen molar-refractivity contribution in [1.82, 2.24) is 5.32 Å².